The van der Waals surface area contributed by atoms with E-state index in [1.54, 1.807) is 0 Å². The summed E-state index contributed by atoms with van der Waals surface area (Å²) >= 11 is 0. The largest absolute Gasteiger partial charge is 0.481 e. The molecule has 5 heteroatoms. The van der Waals surface area contributed by atoms with Crippen LogP contribution in [0, 0.1) is 0 Å². The minimum absolute atomic E-state index is 0.0538. The third kappa shape index (κ3) is 22.6. The van der Waals surface area contributed by atoms with Crippen LogP contribution in [0.2, 0.25) is 0 Å². The van der Waals surface area contributed by atoms with Gasteiger partial charge >= 0.3 is 11.9 Å². The number of carbonyl (C=O) groups is 3. The third-order valence-corrected chi connectivity index (χ3v) is 5.12. The molecule has 0 fully saturated rings. The highest BCUT2D eigenvalue weighted by Gasteiger charge is 2.07. The molecule has 0 aliphatic carbocycles. The van der Waals surface area contributed by atoms with E-state index >= 15 is 0 Å². The molecule has 0 rings (SSSR count). The van der Waals surface area contributed by atoms with Crippen LogP contribution in [0.15, 0.2) is 12.2 Å². The molecule has 0 aliphatic heterocycles. The maximum absolute atomic E-state index is 11.6. The molecule has 0 aromatic carbocycles. The average Bonchev–Trinajstić information content (AvgIpc) is 2.72. The number of Topliss-reactive ketones (excluding diaryl/α,β-unsaturated/α-hetero) is 1. The Morgan fingerprint density at radius 1 is 0.667 bits per heavy atom. The molecule has 0 aromatic heterocycles. The van der Waals surface area contributed by atoms with Crippen molar-refractivity contribution < 1.29 is 24.2 Å². The monoisotopic (exact) mass is 424 g/mol. The molecular weight excluding hydrogens is 380 g/mol. The van der Waals surface area contributed by atoms with Gasteiger partial charge in [0.15, 0.2) is 0 Å². The number of hydrogen-bond donors (Lipinski definition) is 1. The van der Waals surface area contributed by atoms with Crippen LogP contribution in [-0.2, 0) is 19.1 Å². The number of ether oxygens (including phenoxy) is 1. The number of rotatable bonds is 22. The van der Waals surface area contributed by atoms with Gasteiger partial charge in [-0.1, -0.05) is 70.4 Å². The van der Waals surface area contributed by atoms with E-state index in [9.17, 15) is 14.4 Å². The Bertz CT molecular complexity index is 470. The molecule has 0 saturated carbocycles. The van der Waals surface area contributed by atoms with Crippen molar-refractivity contribution in [1.29, 1.82) is 0 Å². The molecule has 0 bridgehead atoms. The molecule has 0 aromatic rings. The quantitative estimate of drug-likeness (QED) is 0.118. The summed E-state index contributed by atoms with van der Waals surface area (Å²) in [5, 5.41) is 8.51. The van der Waals surface area contributed by atoms with Crippen molar-refractivity contribution >= 4 is 17.7 Å². The van der Waals surface area contributed by atoms with E-state index in [1.807, 2.05) is 0 Å². The van der Waals surface area contributed by atoms with Crippen LogP contribution < -0.4 is 0 Å². The molecule has 0 atom stereocenters. The Balaban J connectivity index is 3.32. The first-order chi connectivity index (χ1) is 14.6. The van der Waals surface area contributed by atoms with Gasteiger partial charge < -0.3 is 9.84 Å². The van der Waals surface area contributed by atoms with Gasteiger partial charge in [-0.2, -0.15) is 0 Å². The van der Waals surface area contributed by atoms with E-state index in [0.717, 1.165) is 25.7 Å². The lowest BCUT2D eigenvalue weighted by atomic mass is 10.1. The normalized spacial score (nSPS) is 11.1. The molecule has 30 heavy (non-hydrogen) atoms. The number of carboxylic acids is 1. The van der Waals surface area contributed by atoms with Crippen LogP contribution in [0.4, 0.5) is 0 Å². The second-order valence-corrected chi connectivity index (χ2v) is 8.09. The number of aliphatic carboxylic acids is 1. The topological polar surface area (TPSA) is 80.7 Å². The molecule has 0 heterocycles. The van der Waals surface area contributed by atoms with Gasteiger partial charge in [-0.3, -0.25) is 14.4 Å². The predicted molar refractivity (Wildman–Crippen MR) is 122 cm³/mol. The van der Waals surface area contributed by atoms with Crippen LogP contribution in [0.1, 0.15) is 122 Å². The van der Waals surface area contributed by atoms with Crippen molar-refractivity contribution in [3.05, 3.63) is 12.2 Å². The number of carboxylic acid groups (broad SMARTS) is 1. The number of allylic oxidation sites excluding steroid dienone is 2. The Labute approximate surface area is 183 Å². The smallest absolute Gasteiger partial charge is 0.305 e. The van der Waals surface area contributed by atoms with Gasteiger partial charge in [0, 0.05) is 19.3 Å². The average molecular weight is 425 g/mol. The second-order valence-electron chi connectivity index (χ2n) is 8.09. The summed E-state index contributed by atoms with van der Waals surface area (Å²) in [6, 6.07) is 0. The van der Waals surface area contributed by atoms with Gasteiger partial charge in [-0.15, -0.1) is 0 Å². The van der Waals surface area contributed by atoms with Crippen molar-refractivity contribution in [1.82, 2.24) is 0 Å². The van der Waals surface area contributed by atoms with Crippen molar-refractivity contribution in [2.75, 3.05) is 6.61 Å². The van der Waals surface area contributed by atoms with Crippen molar-refractivity contribution in [3.63, 3.8) is 0 Å². The molecular formula is C25H44O5. The van der Waals surface area contributed by atoms with Gasteiger partial charge in [-0.05, 0) is 38.5 Å². The summed E-state index contributed by atoms with van der Waals surface area (Å²) in [7, 11) is 0. The van der Waals surface area contributed by atoms with Crippen LogP contribution >= 0.6 is 0 Å². The summed E-state index contributed by atoms with van der Waals surface area (Å²) in [4.78, 5) is 33.4. The van der Waals surface area contributed by atoms with E-state index in [0.29, 0.717) is 12.8 Å². The molecule has 0 spiro atoms. The molecule has 174 valence electrons. The molecule has 0 radical (unpaired) electrons. The fourth-order valence-corrected chi connectivity index (χ4v) is 3.24. The highest BCUT2D eigenvalue weighted by molar-refractivity contribution is 5.82. The lowest BCUT2D eigenvalue weighted by Gasteiger charge is -2.04. The lowest BCUT2D eigenvalue weighted by molar-refractivity contribution is -0.144. The van der Waals surface area contributed by atoms with Gasteiger partial charge in [0.2, 0.25) is 0 Å². The molecule has 0 aliphatic rings. The van der Waals surface area contributed by atoms with E-state index in [4.69, 9.17) is 9.84 Å². The Morgan fingerprint density at radius 3 is 1.83 bits per heavy atom. The predicted octanol–water partition coefficient (Wildman–Crippen LogP) is 6.78. The zero-order valence-electron chi connectivity index (χ0n) is 19.2. The first-order valence-corrected chi connectivity index (χ1v) is 12.1. The molecule has 1 N–H and O–H groups in total. The van der Waals surface area contributed by atoms with Gasteiger partial charge in [0.1, 0.15) is 5.78 Å². The van der Waals surface area contributed by atoms with Gasteiger partial charge in [0.25, 0.3) is 0 Å². The van der Waals surface area contributed by atoms with Gasteiger partial charge in [0.05, 0.1) is 13.0 Å². The lowest BCUT2D eigenvalue weighted by Crippen LogP contribution is -2.08. The molecule has 5 nitrogen and oxygen atoms in total. The highest BCUT2D eigenvalue weighted by Crippen LogP contribution is 2.10. The first-order valence-electron chi connectivity index (χ1n) is 12.1. The second kappa shape index (κ2) is 22.0. The first kappa shape index (κ1) is 28.4. The zero-order chi connectivity index (χ0) is 22.3. The maximum atomic E-state index is 11.6. The standard InChI is InChI=1S/C25H44O5/c1-2-3-4-5-6-7-8-9-10-11-12-13-14-15-16-19-25(29)30-22-17-18-23(26)20-21-24(27)28/h9-10H,2-8,11-22H2,1H3,(H,27,28)/b10-9-. The fraction of sp³-hybridized carbons (Fsp3) is 0.800. The Hall–Kier alpha value is -1.65. The van der Waals surface area contributed by atoms with Crippen LogP contribution in [0.3, 0.4) is 0 Å². The number of esters is 1. The van der Waals surface area contributed by atoms with E-state index < -0.39 is 5.97 Å². The molecule has 0 saturated heterocycles. The molecule has 0 amide bonds. The van der Waals surface area contributed by atoms with Crippen LogP contribution in [0.5, 0.6) is 0 Å². The summed E-state index contributed by atoms with van der Waals surface area (Å²) < 4.78 is 5.12. The van der Waals surface area contributed by atoms with E-state index in [2.05, 4.69) is 19.1 Å². The van der Waals surface area contributed by atoms with Crippen molar-refractivity contribution in [3.8, 4) is 0 Å². The Kier molecular flexibility index (Phi) is 20.8. The minimum Gasteiger partial charge on any atom is -0.481 e. The number of carbonyl (C=O) groups excluding carboxylic acids is 2. The van der Waals surface area contributed by atoms with Crippen LogP contribution in [-0.4, -0.2) is 29.4 Å². The summed E-state index contributed by atoms with van der Waals surface area (Å²) in [6.07, 6.45) is 21.7. The van der Waals surface area contributed by atoms with Crippen molar-refractivity contribution in [2.24, 2.45) is 0 Å². The van der Waals surface area contributed by atoms with Crippen LogP contribution in [0.25, 0.3) is 0 Å². The minimum atomic E-state index is -0.963. The van der Waals surface area contributed by atoms with E-state index in [1.165, 1.54) is 57.8 Å². The highest BCUT2D eigenvalue weighted by atomic mass is 16.5. The summed E-state index contributed by atoms with van der Waals surface area (Å²) in [5.41, 5.74) is 0. The number of hydrogen-bond acceptors (Lipinski definition) is 4. The zero-order valence-corrected chi connectivity index (χ0v) is 19.2. The summed E-state index contributed by atoms with van der Waals surface area (Å²) in [5.74, 6) is -1.26. The maximum Gasteiger partial charge on any atom is 0.305 e. The van der Waals surface area contributed by atoms with Crippen molar-refractivity contribution in [2.45, 2.75) is 122 Å². The molecule has 0 unspecified atom stereocenters. The fourth-order valence-electron chi connectivity index (χ4n) is 3.24. The third-order valence-electron chi connectivity index (χ3n) is 5.12. The number of ketones is 1. The summed E-state index contributed by atoms with van der Waals surface area (Å²) in [6.45, 7) is 2.49. The number of unbranched alkanes of at least 4 members (excludes halogenated alkanes) is 11. The van der Waals surface area contributed by atoms with Gasteiger partial charge in [-0.25, -0.2) is 0 Å². The SMILES string of the molecule is CCCCCCCC/C=C\CCCCCCCC(=O)OCCCC(=O)CCC(=O)O. The Morgan fingerprint density at radius 2 is 1.23 bits per heavy atom. The van der Waals surface area contributed by atoms with E-state index in [-0.39, 0.29) is 37.6 Å².